The van der Waals surface area contributed by atoms with Crippen LogP contribution in [0.4, 0.5) is 10.1 Å². The van der Waals surface area contributed by atoms with Crippen LogP contribution in [0.1, 0.15) is 19.3 Å². The Bertz CT molecular complexity index is 2000. The first-order valence-electron chi connectivity index (χ1n) is 14.5. The fourth-order valence-electron chi connectivity index (χ4n) is 5.21. The van der Waals surface area contributed by atoms with Gasteiger partial charge in [0.05, 0.1) is 28.5 Å². The predicted octanol–water partition coefficient (Wildman–Crippen LogP) is 5.44. The lowest BCUT2D eigenvalue weighted by atomic mass is 9.85. The molecular formula is C32H30FN9O2. The van der Waals surface area contributed by atoms with Crippen molar-refractivity contribution >= 4 is 33.7 Å². The summed E-state index contributed by atoms with van der Waals surface area (Å²) in [6.07, 6.45) is 9.72. The first kappa shape index (κ1) is 27.6. The van der Waals surface area contributed by atoms with Gasteiger partial charge in [-0.05, 0) is 57.3 Å². The number of likely N-dealkylation sites (N-methyl/N-ethyl adjacent to an activating group) is 1. The summed E-state index contributed by atoms with van der Waals surface area (Å²) in [7, 11) is 3.90. The van der Waals surface area contributed by atoms with E-state index in [0.717, 1.165) is 41.3 Å². The van der Waals surface area contributed by atoms with Gasteiger partial charge in [0.25, 0.3) is 0 Å². The minimum Gasteiger partial charge on any atom is -0.492 e. The largest absolute Gasteiger partial charge is 0.492 e. The summed E-state index contributed by atoms with van der Waals surface area (Å²) in [6, 6.07) is 10.2. The molecule has 0 spiro atoms. The van der Waals surface area contributed by atoms with Crippen molar-refractivity contribution in [2.45, 2.75) is 19.3 Å². The van der Waals surface area contributed by atoms with E-state index in [2.05, 4.69) is 35.5 Å². The van der Waals surface area contributed by atoms with E-state index in [1.807, 2.05) is 37.2 Å². The molecule has 0 radical (unpaired) electrons. The summed E-state index contributed by atoms with van der Waals surface area (Å²) in [5, 5.41) is 11.2. The van der Waals surface area contributed by atoms with Crippen molar-refractivity contribution in [2.75, 3.05) is 32.6 Å². The Morgan fingerprint density at radius 1 is 1.05 bits per heavy atom. The number of nitrogens with one attached hydrogen (secondary N) is 3. The van der Waals surface area contributed by atoms with Gasteiger partial charge >= 0.3 is 0 Å². The number of H-pyrrole nitrogens is 2. The number of halogens is 1. The molecule has 11 nitrogen and oxygen atoms in total. The molecule has 1 aromatic carbocycles. The lowest BCUT2D eigenvalue weighted by Gasteiger charge is -2.24. The van der Waals surface area contributed by atoms with Crippen LogP contribution in [-0.2, 0) is 4.79 Å². The molecule has 1 fully saturated rings. The number of hydrogen-bond donors (Lipinski definition) is 3. The van der Waals surface area contributed by atoms with E-state index in [9.17, 15) is 9.18 Å². The molecule has 5 heterocycles. The number of carbonyl (C=O) groups excluding carboxylic acids is 1. The lowest BCUT2D eigenvalue weighted by molar-refractivity contribution is -0.122. The minimum absolute atomic E-state index is 0.0333. The molecule has 44 heavy (non-hydrogen) atoms. The number of rotatable bonds is 9. The van der Waals surface area contributed by atoms with Gasteiger partial charge in [0.15, 0.2) is 11.5 Å². The highest BCUT2D eigenvalue weighted by Gasteiger charge is 2.25. The van der Waals surface area contributed by atoms with Crippen molar-refractivity contribution in [2.24, 2.45) is 5.92 Å². The third-order valence-corrected chi connectivity index (χ3v) is 7.81. The Kier molecular flexibility index (Phi) is 7.18. The first-order chi connectivity index (χ1) is 21.4. The molecule has 0 atom stereocenters. The standard InChI is InChI=1S/C32H30FN9O2/c1-42(2)8-9-44-24-12-19(10-22(33)14-24)27-29-26(6-7-35-27)38-31(39-29)28-25-13-21(16-36-30(25)41-40-28)20-11-23(17-34-15-20)37-32(43)18-4-3-5-18/h6-7,10-18H,3-5,8-9H2,1-2H3,(H,37,43)(H,38,39)(H,36,40,41). The second-order valence-electron chi connectivity index (χ2n) is 11.2. The Balaban J connectivity index is 1.21. The van der Waals surface area contributed by atoms with Crippen molar-refractivity contribution < 1.29 is 13.9 Å². The van der Waals surface area contributed by atoms with E-state index >= 15 is 0 Å². The molecule has 0 saturated heterocycles. The van der Waals surface area contributed by atoms with Crippen LogP contribution in [0.5, 0.6) is 5.75 Å². The van der Waals surface area contributed by atoms with Gasteiger partial charge in [0, 0.05) is 53.8 Å². The number of aromatic amines is 2. The van der Waals surface area contributed by atoms with Gasteiger partial charge in [-0.3, -0.25) is 19.9 Å². The van der Waals surface area contributed by atoms with Crippen LogP contribution in [0.25, 0.3) is 56.0 Å². The molecule has 1 saturated carbocycles. The topological polar surface area (TPSA) is 138 Å². The number of carbonyl (C=O) groups is 1. The molecule has 12 heteroatoms. The number of aromatic nitrogens is 7. The Morgan fingerprint density at radius 2 is 1.91 bits per heavy atom. The summed E-state index contributed by atoms with van der Waals surface area (Å²) in [4.78, 5) is 36.1. The van der Waals surface area contributed by atoms with Crippen molar-refractivity contribution in [3.8, 4) is 39.7 Å². The lowest BCUT2D eigenvalue weighted by Crippen LogP contribution is -2.28. The van der Waals surface area contributed by atoms with Crippen molar-refractivity contribution in [1.29, 1.82) is 0 Å². The maximum absolute atomic E-state index is 14.6. The van der Waals surface area contributed by atoms with Gasteiger partial charge in [0.2, 0.25) is 5.91 Å². The zero-order chi connectivity index (χ0) is 30.2. The number of anilines is 1. The second kappa shape index (κ2) is 11.5. The molecule has 3 N–H and O–H groups in total. The normalized spacial score (nSPS) is 13.5. The zero-order valence-corrected chi connectivity index (χ0v) is 24.3. The molecule has 5 aromatic heterocycles. The highest BCUT2D eigenvalue weighted by atomic mass is 19.1. The third kappa shape index (κ3) is 5.47. The summed E-state index contributed by atoms with van der Waals surface area (Å²) in [5.41, 5.74) is 5.81. The predicted molar refractivity (Wildman–Crippen MR) is 165 cm³/mol. The number of pyridine rings is 3. The highest BCUT2D eigenvalue weighted by Crippen LogP contribution is 2.34. The number of hydrogen-bond acceptors (Lipinski definition) is 8. The van der Waals surface area contributed by atoms with E-state index in [1.54, 1.807) is 30.9 Å². The van der Waals surface area contributed by atoms with Crippen LogP contribution in [0, 0.1) is 11.7 Å². The Hall–Kier alpha value is -5.23. The summed E-state index contributed by atoms with van der Waals surface area (Å²) >= 11 is 0. The highest BCUT2D eigenvalue weighted by molar-refractivity contribution is 5.97. The SMILES string of the molecule is CN(C)CCOc1cc(F)cc(-c2nccc3[nH]c(-c4n[nH]c5ncc(-c6cncc(NC(=O)C7CCC7)c6)cc45)nc23)c1. The number of fused-ring (bicyclic) bond motifs is 2. The molecule has 6 aromatic rings. The van der Waals surface area contributed by atoms with Crippen molar-refractivity contribution in [1.82, 2.24) is 40.0 Å². The van der Waals surface area contributed by atoms with Crippen LogP contribution in [-0.4, -0.2) is 73.2 Å². The number of benzene rings is 1. The van der Waals surface area contributed by atoms with Crippen LogP contribution in [0.3, 0.4) is 0 Å². The molecule has 222 valence electrons. The van der Waals surface area contributed by atoms with Crippen LogP contribution >= 0.6 is 0 Å². The van der Waals surface area contributed by atoms with Crippen molar-refractivity contribution in [3.63, 3.8) is 0 Å². The van der Waals surface area contributed by atoms with Crippen LogP contribution in [0.15, 0.2) is 61.2 Å². The van der Waals surface area contributed by atoms with E-state index in [0.29, 0.717) is 58.5 Å². The van der Waals surface area contributed by atoms with Gasteiger partial charge < -0.3 is 19.9 Å². The van der Waals surface area contributed by atoms with Crippen molar-refractivity contribution in [3.05, 3.63) is 67.0 Å². The van der Waals surface area contributed by atoms with Gasteiger partial charge in [0.1, 0.15) is 29.4 Å². The molecule has 1 amide bonds. The van der Waals surface area contributed by atoms with Crippen LogP contribution < -0.4 is 10.1 Å². The molecular weight excluding hydrogens is 561 g/mol. The van der Waals surface area contributed by atoms with E-state index in [4.69, 9.17) is 9.72 Å². The Labute approximate surface area is 251 Å². The summed E-state index contributed by atoms with van der Waals surface area (Å²) < 4.78 is 20.4. The maximum atomic E-state index is 14.6. The van der Waals surface area contributed by atoms with E-state index in [-0.39, 0.29) is 11.8 Å². The third-order valence-electron chi connectivity index (χ3n) is 7.81. The van der Waals surface area contributed by atoms with Gasteiger partial charge in [-0.15, -0.1) is 0 Å². The van der Waals surface area contributed by atoms with Gasteiger partial charge in [-0.2, -0.15) is 5.10 Å². The summed E-state index contributed by atoms with van der Waals surface area (Å²) in [6.45, 7) is 1.13. The second-order valence-corrected chi connectivity index (χ2v) is 11.2. The zero-order valence-electron chi connectivity index (χ0n) is 24.3. The number of nitrogens with zero attached hydrogens (tertiary/aromatic N) is 6. The molecule has 0 bridgehead atoms. The number of amides is 1. The molecule has 0 unspecified atom stereocenters. The number of ether oxygens (including phenoxy) is 1. The van der Waals surface area contributed by atoms with Gasteiger partial charge in [-0.1, -0.05) is 6.42 Å². The monoisotopic (exact) mass is 591 g/mol. The first-order valence-corrected chi connectivity index (χ1v) is 14.5. The number of imidazole rings is 1. The molecule has 1 aliphatic carbocycles. The summed E-state index contributed by atoms with van der Waals surface area (Å²) in [5.74, 6) is 0.627. The fraction of sp³-hybridized carbons (Fsp3) is 0.250. The van der Waals surface area contributed by atoms with Gasteiger partial charge in [-0.25, -0.2) is 14.4 Å². The average Bonchev–Trinajstić information content (AvgIpc) is 3.59. The fourth-order valence-corrected chi connectivity index (χ4v) is 5.21. The Morgan fingerprint density at radius 3 is 2.73 bits per heavy atom. The maximum Gasteiger partial charge on any atom is 0.227 e. The molecule has 1 aliphatic rings. The van der Waals surface area contributed by atoms with E-state index in [1.165, 1.54) is 12.1 Å². The quantitative estimate of drug-likeness (QED) is 0.202. The van der Waals surface area contributed by atoms with Crippen LogP contribution in [0.2, 0.25) is 0 Å². The molecule has 0 aliphatic heterocycles. The smallest absolute Gasteiger partial charge is 0.227 e. The van der Waals surface area contributed by atoms with E-state index < -0.39 is 5.82 Å². The molecule has 7 rings (SSSR count). The average molecular weight is 592 g/mol. The minimum atomic E-state index is -0.421.